The van der Waals surface area contributed by atoms with Crippen LogP contribution in [0.25, 0.3) is 0 Å². The molecule has 1 aromatic rings. The summed E-state index contributed by atoms with van der Waals surface area (Å²) in [6.07, 6.45) is 5.19. The number of rotatable bonds is 3. The highest BCUT2D eigenvalue weighted by Gasteiger charge is 2.32. The Morgan fingerprint density at radius 3 is 2.39 bits per heavy atom. The minimum Gasteiger partial charge on any atom is -0.495 e. The maximum atomic E-state index is 11.8. The molecule has 0 amide bonds. The third-order valence-electron chi connectivity index (χ3n) is 3.63. The van der Waals surface area contributed by atoms with Crippen molar-refractivity contribution in [3.05, 3.63) is 23.8 Å². The van der Waals surface area contributed by atoms with Gasteiger partial charge in [-0.25, -0.2) is 8.42 Å². The van der Waals surface area contributed by atoms with Crippen LogP contribution in [0.15, 0.2) is 23.1 Å². The maximum absolute atomic E-state index is 11.8. The molecular weight excluding hydrogens is 250 g/mol. The van der Waals surface area contributed by atoms with Gasteiger partial charge in [0.25, 0.3) is 0 Å². The van der Waals surface area contributed by atoms with Gasteiger partial charge < -0.3 is 10.5 Å². The lowest BCUT2D eigenvalue weighted by Crippen LogP contribution is -2.33. The van der Waals surface area contributed by atoms with Gasteiger partial charge in [-0.1, -0.05) is 18.9 Å². The number of nitrogens with two attached hydrogens (primary N) is 1. The van der Waals surface area contributed by atoms with Crippen molar-refractivity contribution in [3.63, 3.8) is 0 Å². The predicted molar refractivity (Wildman–Crippen MR) is 70.4 cm³/mol. The summed E-state index contributed by atoms with van der Waals surface area (Å²) in [5, 5.41) is 0. The van der Waals surface area contributed by atoms with Crippen LogP contribution in [0.4, 0.5) is 0 Å². The van der Waals surface area contributed by atoms with Gasteiger partial charge >= 0.3 is 0 Å². The van der Waals surface area contributed by atoms with Gasteiger partial charge in [0.1, 0.15) is 10.6 Å². The molecule has 1 fully saturated rings. The van der Waals surface area contributed by atoms with Crippen LogP contribution >= 0.6 is 0 Å². The van der Waals surface area contributed by atoms with E-state index in [0.29, 0.717) is 5.75 Å². The lowest BCUT2D eigenvalue weighted by atomic mass is 9.89. The van der Waals surface area contributed by atoms with E-state index in [2.05, 4.69) is 0 Å². The second-order valence-electron chi connectivity index (χ2n) is 5.00. The quantitative estimate of drug-likeness (QED) is 0.909. The van der Waals surface area contributed by atoms with Gasteiger partial charge in [0.15, 0.2) is 9.84 Å². The minimum atomic E-state index is -3.30. The van der Waals surface area contributed by atoms with E-state index in [1.165, 1.54) is 13.4 Å². The van der Waals surface area contributed by atoms with Gasteiger partial charge in [0.2, 0.25) is 0 Å². The van der Waals surface area contributed by atoms with E-state index in [9.17, 15) is 8.42 Å². The average Bonchev–Trinajstić information content (AvgIpc) is 2.75. The molecule has 4 nitrogen and oxygen atoms in total. The number of benzene rings is 1. The first kappa shape index (κ1) is 13.4. The van der Waals surface area contributed by atoms with Gasteiger partial charge in [0.05, 0.1) is 7.11 Å². The van der Waals surface area contributed by atoms with Crippen LogP contribution < -0.4 is 10.5 Å². The predicted octanol–water partition coefficient (Wildman–Crippen LogP) is 1.83. The smallest absolute Gasteiger partial charge is 0.179 e. The van der Waals surface area contributed by atoms with Crippen molar-refractivity contribution in [2.45, 2.75) is 36.1 Å². The molecule has 0 aromatic heterocycles. The van der Waals surface area contributed by atoms with Crippen molar-refractivity contribution in [2.24, 2.45) is 5.73 Å². The van der Waals surface area contributed by atoms with Crippen LogP contribution in [0.3, 0.4) is 0 Å². The number of methoxy groups -OCH3 is 1. The van der Waals surface area contributed by atoms with E-state index in [1.807, 2.05) is 6.07 Å². The first-order valence-corrected chi connectivity index (χ1v) is 7.93. The zero-order valence-corrected chi connectivity index (χ0v) is 11.6. The first-order valence-electron chi connectivity index (χ1n) is 6.04. The number of ether oxygens (including phenoxy) is 1. The Labute approximate surface area is 108 Å². The van der Waals surface area contributed by atoms with Crippen molar-refractivity contribution in [1.82, 2.24) is 0 Å². The molecule has 1 aromatic carbocycles. The minimum absolute atomic E-state index is 0.222. The fourth-order valence-electron chi connectivity index (χ4n) is 2.57. The van der Waals surface area contributed by atoms with Crippen LogP contribution in [0.2, 0.25) is 0 Å². The fourth-order valence-corrected chi connectivity index (χ4v) is 3.43. The summed E-state index contributed by atoms with van der Waals surface area (Å²) < 4.78 is 28.6. The third-order valence-corrected chi connectivity index (χ3v) is 4.75. The largest absolute Gasteiger partial charge is 0.495 e. The Kier molecular flexibility index (Phi) is 3.38. The highest BCUT2D eigenvalue weighted by molar-refractivity contribution is 7.90. The maximum Gasteiger partial charge on any atom is 0.179 e. The molecule has 1 saturated carbocycles. The molecule has 2 rings (SSSR count). The number of hydrogen-bond donors (Lipinski definition) is 1. The standard InChI is InChI=1S/C13H19NO3S/c1-17-11-6-5-10(9-12(11)18(2,15)16)13(14)7-3-4-8-13/h5-6,9H,3-4,7-8,14H2,1-2H3. The molecule has 100 valence electrons. The van der Waals surface area contributed by atoms with Crippen molar-refractivity contribution >= 4 is 9.84 Å². The Morgan fingerprint density at radius 1 is 1.28 bits per heavy atom. The highest BCUT2D eigenvalue weighted by Crippen LogP contribution is 2.38. The third kappa shape index (κ3) is 2.37. The Hall–Kier alpha value is -1.07. The topological polar surface area (TPSA) is 69.4 Å². The van der Waals surface area contributed by atoms with E-state index in [1.54, 1.807) is 12.1 Å². The summed E-state index contributed by atoms with van der Waals surface area (Å²) in [5.41, 5.74) is 6.86. The van der Waals surface area contributed by atoms with Gasteiger partial charge in [-0.3, -0.25) is 0 Å². The SMILES string of the molecule is COc1ccc(C2(N)CCCC2)cc1S(C)(=O)=O. The van der Waals surface area contributed by atoms with Crippen molar-refractivity contribution < 1.29 is 13.2 Å². The van der Waals surface area contributed by atoms with Gasteiger partial charge in [-0.2, -0.15) is 0 Å². The monoisotopic (exact) mass is 269 g/mol. The molecule has 1 aliphatic carbocycles. The molecule has 2 N–H and O–H groups in total. The molecule has 0 unspecified atom stereocenters. The fraction of sp³-hybridized carbons (Fsp3) is 0.538. The second-order valence-corrected chi connectivity index (χ2v) is 6.99. The summed E-state index contributed by atoms with van der Waals surface area (Å²) in [6.45, 7) is 0. The summed E-state index contributed by atoms with van der Waals surface area (Å²) in [7, 11) is -1.84. The molecule has 0 radical (unpaired) electrons. The summed E-state index contributed by atoms with van der Waals surface area (Å²) >= 11 is 0. The molecule has 0 atom stereocenters. The van der Waals surface area contributed by atoms with E-state index in [0.717, 1.165) is 31.2 Å². The Bertz CT molecular complexity index is 545. The lowest BCUT2D eigenvalue weighted by Gasteiger charge is -2.25. The molecule has 0 heterocycles. The normalized spacial score (nSPS) is 18.8. The summed E-state index contributed by atoms with van der Waals surface area (Å²) in [4.78, 5) is 0.222. The van der Waals surface area contributed by atoms with Gasteiger partial charge in [-0.05, 0) is 30.5 Å². The van der Waals surface area contributed by atoms with Crippen LogP contribution in [-0.4, -0.2) is 21.8 Å². The van der Waals surface area contributed by atoms with Crippen LogP contribution in [0, 0.1) is 0 Å². The molecule has 0 saturated heterocycles. The van der Waals surface area contributed by atoms with Gasteiger partial charge in [-0.15, -0.1) is 0 Å². The van der Waals surface area contributed by atoms with E-state index in [-0.39, 0.29) is 10.4 Å². The highest BCUT2D eigenvalue weighted by atomic mass is 32.2. The molecule has 0 aliphatic heterocycles. The van der Waals surface area contributed by atoms with E-state index >= 15 is 0 Å². The van der Waals surface area contributed by atoms with Crippen LogP contribution in [0.1, 0.15) is 31.2 Å². The van der Waals surface area contributed by atoms with E-state index < -0.39 is 9.84 Å². The molecule has 5 heteroatoms. The lowest BCUT2D eigenvalue weighted by molar-refractivity contribution is 0.400. The zero-order valence-electron chi connectivity index (χ0n) is 10.8. The molecule has 0 bridgehead atoms. The van der Waals surface area contributed by atoms with Gasteiger partial charge in [0, 0.05) is 11.8 Å². The van der Waals surface area contributed by atoms with Crippen LogP contribution in [-0.2, 0) is 15.4 Å². The first-order chi connectivity index (χ1) is 8.37. The zero-order chi connectivity index (χ0) is 13.4. The van der Waals surface area contributed by atoms with Crippen molar-refractivity contribution in [3.8, 4) is 5.75 Å². The summed E-state index contributed by atoms with van der Waals surface area (Å²) in [6, 6.07) is 5.23. The average molecular weight is 269 g/mol. The Morgan fingerprint density at radius 2 is 1.89 bits per heavy atom. The van der Waals surface area contributed by atoms with Crippen molar-refractivity contribution in [1.29, 1.82) is 0 Å². The molecular formula is C13H19NO3S. The Balaban J connectivity index is 2.53. The van der Waals surface area contributed by atoms with E-state index in [4.69, 9.17) is 10.5 Å². The van der Waals surface area contributed by atoms with Crippen molar-refractivity contribution in [2.75, 3.05) is 13.4 Å². The second kappa shape index (κ2) is 4.55. The molecule has 0 spiro atoms. The number of hydrogen-bond acceptors (Lipinski definition) is 4. The summed E-state index contributed by atoms with van der Waals surface area (Å²) in [5.74, 6) is 0.378. The van der Waals surface area contributed by atoms with Crippen LogP contribution in [0.5, 0.6) is 5.75 Å². The molecule has 18 heavy (non-hydrogen) atoms. The number of sulfone groups is 1. The molecule has 1 aliphatic rings.